The summed E-state index contributed by atoms with van der Waals surface area (Å²) in [4.78, 5) is 24.9. The fraction of sp³-hybridized carbons (Fsp3) is 0.385. The zero-order chi connectivity index (χ0) is 13.9. The maximum absolute atomic E-state index is 11.8. The number of carbonyl (C=O) groups excluding carboxylic acids is 2. The van der Waals surface area contributed by atoms with Crippen LogP contribution in [0.1, 0.15) is 24.2 Å². The Kier molecular flexibility index (Phi) is 4.73. The Hall–Kier alpha value is -1.55. The van der Waals surface area contributed by atoms with E-state index in [2.05, 4.69) is 5.32 Å². The molecule has 0 aliphatic rings. The highest BCUT2D eigenvalue weighted by molar-refractivity contribution is 6.33. The van der Waals surface area contributed by atoms with Gasteiger partial charge in [-0.3, -0.25) is 9.59 Å². The second kappa shape index (κ2) is 5.87. The van der Waals surface area contributed by atoms with Crippen molar-refractivity contribution in [2.24, 2.45) is 5.92 Å². The van der Waals surface area contributed by atoms with Gasteiger partial charge in [-0.15, -0.1) is 0 Å². The summed E-state index contributed by atoms with van der Waals surface area (Å²) in [5.41, 5.74) is 0.950. The smallest absolute Gasteiger partial charge is 0.253 e. The Labute approximate surface area is 112 Å². The zero-order valence-electron chi connectivity index (χ0n) is 11.0. The molecule has 0 saturated heterocycles. The summed E-state index contributed by atoms with van der Waals surface area (Å²) in [6.07, 6.45) is 0. The second-order valence-corrected chi connectivity index (χ2v) is 4.95. The van der Waals surface area contributed by atoms with E-state index in [0.717, 1.165) is 0 Å². The Morgan fingerprint density at radius 3 is 2.39 bits per heavy atom. The van der Waals surface area contributed by atoms with E-state index in [1.165, 1.54) is 4.90 Å². The van der Waals surface area contributed by atoms with Crippen molar-refractivity contribution in [3.05, 3.63) is 28.8 Å². The molecule has 0 aliphatic carbocycles. The highest BCUT2D eigenvalue weighted by Gasteiger charge is 2.13. The minimum absolute atomic E-state index is 0.133. The summed E-state index contributed by atoms with van der Waals surface area (Å²) in [6, 6.07) is 4.83. The van der Waals surface area contributed by atoms with Crippen LogP contribution in [0, 0.1) is 5.92 Å². The van der Waals surface area contributed by atoms with Gasteiger partial charge >= 0.3 is 0 Å². The number of rotatable bonds is 3. The third-order valence-electron chi connectivity index (χ3n) is 2.40. The van der Waals surface area contributed by atoms with Crippen LogP contribution < -0.4 is 5.32 Å². The molecule has 98 valence electrons. The van der Waals surface area contributed by atoms with Gasteiger partial charge in [0.2, 0.25) is 5.91 Å². The molecule has 1 N–H and O–H groups in total. The maximum Gasteiger partial charge on any atom is 0.253 e. The van der Waals surface area contributed by atoms with E-state index < -0.39 is 0 Å². The molecule has 0 heterocycles. The van der Waals surface area contributed by atoms with Crippen molar-refractivity contribution in [3.8, 4) is 0 Å². The van der Waals surface area contributed by atoms with Crippen LogP contribution in [0.15, 0.2) is 18.2 Å². The molecule has 0 radical (unpaired) electrons. The monoisotopic (exact) mass is 268 g/mol. The number of benzene rings is 1. The van der Waals surface area contributed by atoms with Gasteiger partial charge in [0, 0.05) is 25.6 Å². The highest BCUT2D eigenvalue weighted by Crippen LogP contribution is 2.24. The van der Waals surface area contributed by atoms with E-state index in [-0.39, 0.29) is 17.7 Å². The average molecular weight is 269 g/mol. The van der Waals surface area contributed by atoms with Crippen molar-refractivity contribution in [3.63, 3.8) is 0 Å². The molecule has 0 aromatic heterocycles. The van der Waals surface area contributed by atoms with Gasteiger partial charge in [0.15, 0.2) is 0 Å². The summed E-state index contributed by atoms with van der Waals surface area (Å²) in [6.45, 7) is 3.58. The Balaban J connectivity index is 3.02. The van der Waals surface area contributed by atoms with Crippen LogP contribution in [0.5, 0.6) is 0 Å². The van der Waals surface area contributed by atoms with Gasteiger partial charge < -0.3 is 10.2 Å². The summed E-state index contributed by atoms with van der Waals surface area (Å²) < 4.78 is 0. The van der Waals surface area contributed by atoms with Crippen LogP contribution in [0.25, 0.3) is 0 Å². The number of hydrogen-bond acceptors (Lipinski definition) is 2. The molecule has 5 heteroatoms. The largest absolute Gasteiger partial charge is 0.345 e. The molecule has 1 rings (SSSR count). The van der Waals surface area contributed by atoms with Crippen molar-refractivity contribution in [1.82, 2.24) is 4.90 Å². The molecule has 0 saturated carbocycles. The molecule has 0 aliphatic heterocycles. The van der Waals surface area contributed by atoms with E-state index in [1.54, 1.807) is 46.1 Å². The topological polar surface area (TPSA) is 49.4 Å². The third-order valence-corrected chi connectivity index (χ3v) is 2.73. The number of amides is 2. The van der Waals surface area contributed by atoms with Crippen molar-refractivity contribution < 1.29 is 9.59 Å². The normalized spacial score (nSPS) is 10.3. The molecule has 0 bridgehead atoms. The summed E-state index contributed by atoms with van der Waals surface area (Å²) in [5, 5.41) is 3.12. The molecule has 2 amide bonds. The van der Waals surface area contributed by atoms with Gasteiger partial charge in [0.1, 0.15) is 0 Å². The molecule has 0 spiro atoms. The molecule has 0 unspecified atom stereocenters. The maximum atomic E-state index is 11.8. The van der Waals surface area contributed by atoms with Crippen molar-refractivity contribution >= 4 is 29.1 Å². The first-order chi connectivity index (χ1) is 8.32. The standard InChI is InChI=1S/C13H17ClN2O2/c1-8(2)12(17)15-11-7-9(5-6-10(11)14)13(18)16(3)4/h5-8H,1-4H3,(H,15,17). The number of nitrogens with zero attached hydrogens (tertiary/aromatic N) is 1. The van der Waals surface area contributed by atoms with Crippen LogP contribution in [-0.2, 0) is 4.79 Å². The van der Waals surface area contributed by atoms with Gasteiger partial charge in [-0.25, -0.2) is 0 Å². The van der Waals surface area contributed by atoms with E-state index in [0.29, 0.717) is 16.3 Å². The van der Waals surface area contributed by atoms with Gasteiger partial charge in [0.25, 0.3) is 5.91 Å². The Morgan fingerprint density at radius 1 is 1.28 bits per heavy atom. The minimum atomic E-state index is -0.144. The Bertz CT molecular complexity index is 470. The number of hydrogen-bond donors (Lipinski definition) is 1. The summed E-state index contributed by atoms with van der Waals surface area (Å²) in [7, 11) is 3.34. The number of halogens is 1. The van der Waals surface area contributed by atoms with Crippen LogP contribution in [0.2, 0.25) is 5.02 Å². The second-order valence-electron chi connectivity index (χ2n) is 4.54. The van der Waals surface area contributed by atoms with E-state index >= 15 is 0 Å². The van der Waals surface area contributed by atoms with Gasteiger partial charge in [0.05, 0.1) is 10.7 Å². The Morgan fingerprint density at radius 2 is 1.89 bits per heavy atom. The van der Waals surface area contributed by atoms with Crippen LogP contribution in [0.3, 0.4) is 0 Å². The van der Waals surface area contributed by atoms with E-state index in [9.17, 15) is 9.59 Å². The van der Waals surface area contributed by atoms with Gasteiger partial charge in [-0.05, 0) is 18.2 Å². The van der Waals surface area contributed by atoms with Crippen LogP contribution in [-0.4, -0.2) is 30.8 Å². The molecular weight excluding hydrogens is 252 g/mol. The van der Waals surface area contributed by atoms with Gasteiger partial charge in [-0.2, -0.15) is 0 Å². The van der Waals surface area contributed by atoms with Crippen LogP contribution >= 0.6 is 11.6 Å². The summed E-state index contributed by atoms with van der Waals surface area (Å²) in [5.74, 6) is -0.410. The van der Waals surface area contributed by atoms with Crippen molar-refractivity contribution in [2.45, 2.75) is 13.8 Å². The van der Waals surface area contributed by atoms with E-state index in [4.69, 9.17) is 11.6 Å². The average Bonchev–Trinajstić information content (AvgIpc) is 2.30. The molecule has 4 nitrogen and oxygen atoms in total. The van der Waals surface area contributed by atoms with Crippen molar-refractivity contribution in [2.75, 3.05) is 19.4 Å². The minimum Gasteiger partial charge on any atom is -0.345 e. The first kappa shape index (κ1) is 14.5. The quantitative estimate of drug-likeness (QED) is 0.916. The molecule has 1 aromatic carbocycles. The predicted octanol–water partition coefficient (Wildman–Crippen LogP) is 2.64. The lowest BCUT2D eigenvalue weighted by molar-refractivity contribution is -0.118. The lowest BCUT2D eigenvalue weighted by Gasteiger charge is -2.13. The molecule has 0 atom stereocenters. The van der Waals surface area contributed by atoms with Crippen molar-refractivity contribution in [1.29, 1.82) is 0 Å². The molecule has 0 fully saturated rings. The molecule has 1 aromatic rings. The fourth-order valence-electron chi connectivity index (χ4n) is 1.29. The van der Waals surface area contributed by atoms with E-state index in [1.807, 2.05) is 0 Å². The number of carbonyl (C=O) groups is 2. The molecule has 18 heavy (non-hydrogen) atoms. The fourth-order valence-corrected chi connectivity index (χ4v) is 1.45. The SMILES string of the molecule is CC(C)C(=O)Nc1cc(C(=O)N(C)C)ccc1Cl. The predicted molar refractivity (Wildman–Crippen MR) is 72.9 cm³/mol. The van der Waals surface area contributed by atoms with Crippen LogP contribution in [0.4, 0.5) is 5.69 Å². The number of anilines is 1. The third kappa shape index (κ3) is 3.47. The molecular formula is C13H17ClN2O2. The lowest BCUT2D eigenvalue weighted by atomic mass is 10.1. The zero-order valence-corrected chi connectivity index (χ0v) is 11.7. The lowest BCUT2D eigenvalue weighted by Crippen LogP contribution is -2.22. The highest BCUT2D eigenvalue weighted by atomic mass is 35.5. The first-order valence-electron chi connectivity index (χ1n) is 5.65. The number of nitrogens with one attached hydrogen (secondary N) is 1. The van der Waals surface area contributed by atoms with Gasteiger partial charge in [-0.1, -0.05) is 25.4 Å². The first-order valence-corrected chi connectivity index (χ1v) is 6.02. The summed E-state index contributed by atoms with van der Waals surface area (Å²) >= 11 is 5.99.